The van der Waals surface area contributed by atoms with E-state index in [9.17, 15) is 13.2 Å². The second-order valence-corrected chi connectivity index (χ2v) is 4.16. The van der Waals surface area contributed by atoms with E-state index in [1.165, 1.54) is 0 Å². The molecule has 5 nitrogen and oxygen atoms in total. The Bertz CT molecular complexity index is 325. The Morgan fingerprint density at radius 2 is 1.88 bits per heavy atom. The minimum Gasteiger partial charge on any atom is -0.302 e. The number of nitrogens with zero attached hydrogens (tertiary/aromatic N) is 1. The number of hydrogen-bond acceptors (Lipinski definition) is 4. The molecule has 1 heterocycles. The van der Waals surface area contributed by atoms with Gasteiger partial charge < -0.3 is 4.84 Å². The molecule has 0 aromatic heterocycles. The van der Waals surface area contributed by atoms with Gasteiger partial charge in [0.2, 0.25) is 0 Å². The maximum absolute atomic E-state index is 10.7. The topological polar surface area (TPSA) is 66.8 Å². The molecule has 1 N–H and O–H groups in total. The van der Waals surface area contributed by atoms with Gasteiger partial charge in [0.25, 0.3) is 0 Å². The summed E-state index contributed by atoms with van der Waals surface area (Å²) >= 11 is 0. The van der Waals surface area contributed by atoms with Crippen LogP contribution in [-0.2, 0) is 15.0 Å². The highest BCUT2D eigenvalue weighted by atomic mass is 32.2. The number of rotatable bonds is 1. The van der Waals surface area contributed by atoms with Gasteiger partial charge >= 0.3 is 15.6 Å². The standard InChI is InChI=1S/C6H11NO.CHF3O3S/c1-8-7-5-3-2-4-6-7;2-1(3,4)8(5,6)7/h2-3H,4-6H2,1H3;(H,5,6,7). The van der Waals surface area contributed by atoms with E-state index in [0.29, 0.717) is 0 Å². The van der Waals surface area contributed by atoms with Crippen molar-refractivity contribution >= 4 is 10.1 Å². The Kier molecular flexibility index (Phi) is 5.94. The molecule has 0 amide bonds. The first kappa shape index (κ1) is 15.4. The van der Waals surface area contributed by atoms with Crippen molar-refractivity contribution in [1.29, 1.82) is 0 Å². The van der Waals surface area contributed by atoms with Crippen molar-refractivity contribution in [2.75, 3.05) is 20.2 Å². The van der Waals surface area contributed by atoms with Crippen molar-refractivity contribution in [2.24, 2.45) is 0 Å². The van der Waals surface area contributed by atoms with Crippen molar-refractivity contribution in [2.45, 2.75) is 11.9 Å². The summed E-state index contributed by atoms with van der Waals surface area (Å²) in [6, 6.07) is 0. The van der Waals surface area contributed by atoms with E-state index in [-0.39, 0.29) is 0 Å². The third-order valence-electron chi connectivity index (χ3n) is 1.57. The fraction of sp³-hybridized carbons (Fsp3) is 0.714. The molecule has 96 valence electrons. The van der Waals surface area contributed by atoms with Crippen LogP contribution in [0.15, 0.2) is 12.2 Å². The lowest BCUT2D eigenvalue weighted by Crippen LogP contribution is -2.25. The van der Waals surface area contributed by atoms with E-state index in [0.717, 1.165) is 19.5 Å². The van der Waals surface area contributed by atoms with Crippen molar-refractivity contribution in [3.05, 3.63) is 12.2 Å². The first-order valence-electron chi connectivity index (χ1n) is 4.16. The highest BCUT2D eigenvalue weighted by Gasteiger charge is 2.44. The average Bonchev–Trinajstić information content (AvgIpc) is 2.17. The van der Waals surface area contributed by atoms with Gasteiger partial charge in [-0.3, -0.25) is 4.55 Å². The first-order valence-corrected chi connectivity index (χ1v) is 5.60. The van der Waals surface area contributed by atoms with Crippen LogP contribution < -0.4 is 0 Å². The highest BCUT2D eigenvalue weighted by Crippen LogP contribution is 2.20. The van der Waals surface area contributed by atoms with Gasteiger partial charge in [0.05, 0.1) is 7.11 Å². The Balaban J connectivity index is 0.000000281. The summed E-state index contributed by atoms with van der Waals surface area (Å²) in [6.07, 6.45) is 5.41. The lowest BCUT2D eigenvalue weighted by molar-refractivity contribution is -0.123. The summed E-state index contributed by atoms with van der Waals surface area (Å²) in [5, 5.41) is 1.93. The van der Waals surface area contributed by atoms with Crippen LogP contribution in [0, 0.1) is 0 Å². The molecule has 0 aromatic carbocycles. The van der Waals surface area contributed by atoms with Crippen molar-refractivity contribution in [1.82, 2.24) is 5.06 Å². The predicted octanol–water partition coefficient (Wildman–Crippen LogP) is 1.20. The second-order valence-electron chi connectivity index (χ2n) is 2.75. The maximum atomic E-state index is 10.7. The molecule has 1 aliphatic heterocycles. The third-order valence-corrected chi connectivity index (χ3v) is 2.16. The third kappa shape index (κ3) is 6.05. The number of hydroxylamine groups is 2. The normalized spacial score (nSPS) is 17.8. The van der Waals surface area contributed by atoms with E-state index in [2.05, 4.69) is 12.2 Å². The summed E-state index contributed by atoms with van der Waals surface area (Å²) in [5.74, 6) is 0. The van der Waals surface area contributed by atoms with Gasteiger partial charge in [-0.1, -0.05) is 12.2 Å². The van der Waals surface area contributed by atoms with Gasteiger partial charge in [0, 0.05) is 13.1 Å². The van der Waals surface area contributed by atoms with Gasteiger partial charge in [-0.15, -0.1) is 0 Å². The molecule has 0 bridgehead atoms. The van der Waals surface area contributed by atoms with Gasteiger partial charge in [0.1, 0.15) is 0 Å². The van der Waals surface area contributed by atoms with Crippen molar-refractivity contribution in [3.8, 4) is 0 Å². The minimum absolute atomic E-state index is 0.941. The quantitative estimate of drug-likeness (QED) is 0.437. The van der Waals surface area contributed by atoms with E-state index < -0.39 is 15.6 Å². The molecule has 0 unspecified atom stereocenters. The van der Waals surface area contributed by atoms with E-state index in [1.807, 2.05) is 5.06 Å². The summed E-state index contributed by atoms with van der Waals surface area (Å²) in [4.78, 5) is 4.97. The van der Waals surface area contributed by atoms with Crippen LogP contribution in [0.1, 0.15) is 6.42 Å². The zero-order chi connectivity index (χ0) is 12.8. The Morgan fingerprint density at radius 1 is 1.38 bits per heavy atom. The van der Waals surface area contributed by atoms with Gasteiger partial charge in [0.15, 0.2) is 0 Å². The molecule has 0 aliphatic carbocycles. The monoisotopic (exact) mass is 263 g/mol. The molecular weight excluding hydrogens is 251 g/mol. The molecule has 1 aliphatic rings. The number of alkyl halides is 3. The average molecular weight is 263 g/mol. The summed E-state index contributed by atoms with van der Waals surface area (Å²) < 4.78 is 57.5. The minimum atomic E-state index is -5.84. The summed E-state index contributed by atoms with van der Waals surface area (Å²) in [5.41, 5.74) is -5.53. The first-order chi connectivity index (χ1) is 7.18. The molecule has 9 heteroatoms. The van der Waals surface area contributed by atoms with Crippen molar-refractivity contribution < 1.29 is 31.0 Å². The van der Waals surface area contributed by atoms with Gasteiger partial charge in [-0.2, -0.15) is 26.7 Å². The van der Waals surface area contributed by atoms with E-state index in [4.69, 9.17) is 17.8 Å². The van der Waals surface area contributed by atoms with Crippen LogP contribution in [0.5, 0.6) is 0 Å². The van der Waals surface area contributed by atoms with Crippen molar-refractivity contribution in [3.63, 3.8) is 0 Å². The van der Waals surface area contributed by atoms with E-state index in [1.54, 1.807) is 7.11 Å². The predicted molar refractivity (Wildman–Crippen MR) is 49.9 cm³/mol. The highest BCUT2D eigenvalue weighted by molar-refractivity contribution is 7.86. The molecule has 16 heavy (non-hydrogen) atoms. The molecule has 0 saturated heterocycles. The number of hydrogen-bond donors (Lipinski definition) is 1. The molecular formula is C7H12F3NO4S. The zero-order valence-electron chi connectivity index (χ0n) is 8.44. The number of halogens is 3. The van der Waals surface area contributed by atoms with Crippen LogP contribution in [0.3, 0.4) is 0 Å². The Hall–Kier alpha value is -0.640. The van der Waals surface area contributed by atoms with Crippen LogP contribution in [-0.4, -0.2) is 43.7 Å². The Morgan fingerprint density at radius 3 is 2.06 bits per heavy atom. The van der Waals surface area contributed by atoms with Crippen LogP contribution >= 0.6 is 0 Å². The molecule has 1 rings (SSSR count). The van der Waals surface area contributed by atoms with Gasteiger partial charge in [-0.05, 0) is 6.42 Å². The van der Waals surface area contributed by atoms with Gasteiger partial charge in [-0.25, -0.2) is 0 Å². The fourth-order valence-electron chi connectivity index (χ4n) is 0.786. The lowest BCUT2D eigenvalue weighted by atomic mass is 10.3. The smallest absolute Gasteiger partial charge is 0.302 e. The molecule has 0 spiro atoms. The largest absolute Gasteiger partial charge is 0.522 e. The molecule has 0 aromatic rings. The van der Waals surface area contributed by atoms with Crippen LogP contribution in [0.4, 0.5) is 13.2 Å². The zero-order valence-corrected chi connectivity index (χ0v) is 9.25. The SMILES string of the molecule is CON1CC=CCC1.O=S(=O)(O)C(F)(F)F. The summed E-state index contributed by atoms with van der Waals surface area (Å²) in [6.45, 7) is 1.98. The Labute approximate surface area is 91.2 Å². The maximum Gasteiger partial charge on any atom is 0.522 e. The molecule has 0 atom stereocenters. The lowest BCUT2D eigenvalue weighted by Gasteiger charge is -2.19. The molecule has 0 fully saturated rings. The van der Waals surface area contributed by atoms with E-state index >= 15 is 0 Å². The van der Waals surface area contributed by atoms with Crippen LogP contribution in [0.25, 0.3) is 0 Å². The second kappa shape index (κ2) is 6.18. The van der Waals surface area contributed by atoms with Crippen LogP contribution in [0.2, 0.25) is 0 Å². The molecule has 0 saturated carbocycles. The fourth-order valence-corrected chi connectivity index (χ4v) is 0.786. The molecule has 0 radical (unpaired) electrons. The summed E-state index contributed by atoms with van der Waals surface area (Å²) in [7, 11) is -4.13.